The number of hydrogen-bond donors (Lipinski definition) is 1. The standard InChI is InChI=1S/C24H21N3O4/c1-30-18-13-17(14-19(15-18)31-2)23-25-21-11-7-6-10-20(21)24(29)27(23)26-22(28)12-16-8-4-3-5-9-16/h3-11,13-15H,12H2,1-2H3,(H,26,28). The molecule has 0 aliphatic heterocycles. The molecule has 1 amide bonds. The highest BCUT2D eigenvalue weighted by Crippen LogP contribution is 2.28. The number of aromatic nitrogens is 2. The van der Waals surface area contributed by atoms with Gasteiger partial charge in [-0.2, -0.15) is 4.68 Å². The molecule has 1 N–H and O–H groups in total. The molecule has 4 rings (SSSR count). The molecular weight excluding hydrogens is 394 g/mol. The molecule has 0 atom stereocenters. The molecule has 0 bridgehead atoms. The number of fused-ring (bicyclic) bond motifs is 1. The molecule has 1 heterocycles. The minimum atomic E-state index is -0.371. The molecule has 0 spiro atoms. The number of methoxy groups -OCH3 is 2. The fourth-order valence-corrected chi connectivity index (χ4v) is 3.31. The zero-order valence-electron chi connectivity index (χ0n) is 17.2. The number of carbonyl (C=O) groups excluding carboxylic acids is 1. The Hall–Kier alpha value is -4.13. The van der Waals surface area contributed by atoms with Crippen molar-refractivity contribution in [2.75, 3.05) is 19.6 Å². The van der Waals surface area contributed by atoms with E-state index in [-0.39, 0.29) is 23.7 Å². The van der Waals surface area contributed by atoms with E-state index in [1.165, 1.54) is 4.68 Å². The van der Waals surface area contributed by atoms with Crippen molar-refractivity contribution in [3.8, 4) is 22.9 Å². The van der Waals surface area contributed by atoms with Gasteiger partial charge in [-0.25, -0.2) is 4.98 Å². The molecule has 0 unspecified atom stereocenters. The minimum Gasteiger partial charge on any atom is -0.497 e. The summed E-state index contributed by atoms with van der Waals surface area (Å²) in [4.78, 5) is 30.7. The van der Waals surface area contributed by atoms with Crippen LogP contribution in [0.5, 0.6) is 11.5 Å². The maximum Gasteiger partial charge on any atom is 0.280 e. The van der Waals surface area contributed by atoms with Crippen molar-refractivity contribution in [1.29, 1.82) is 0 Å². The maximum atomic E-state index is 13.3. The van der Waals surface area contributed by atoms with Crippen LogP contribution in [0.3, 0.4) is 0 Å². The highest BCUT2D eigenvalue weighted by atomic mass is 16.5. The Bertz CT molecular complexity index is 1280. The predicted molar refractivity (Wildman–Crippen MR) is 119 cm³/mol. The lowest BCUT2D eigenvalue weighted by Gasteiger charge is -2.16. The van der Waals surface area contributed by atoms with Crippen molar-refractivity contribution in [1.82, 2.24) is 9.66 Å². The summed E-state index contributed by atoms with van der Waals surface area (Å²) < 4.78 is 11.9. The lowest BCUT2D eigenvalue weighted by molar-refractivity contribution is -0.116. The van der Waals surface area contributed by atoms with Gasteiger partial charge in [0.2, 0.25) is 5.91 Å². The van der Waals surface area contributed by atoms with Crippen molar-refractivity contribution in [2.45, 2.75) is 6.42 Å². The monoisotopic (exact) mass is 415 g/mol. The third kappa shape index (κ3) is 4.25. The van der Waals surface area contributed by atoms with E-state index in [2.05, 4.69) is 10.4 Å². The highest BCUT2D eigenvalue weighted by molar-refractivity contribution is 5.87. The van der Waals surface area contributed by atoms with Crippen LogP contribution in [0.15, 0.2) is 77.6 Å². The van der Waals surface area contributed by atoms with Crippen molar-refractivity contribution in [3.05, 3.63) is 88.7 Å². The fourth-order valence-electron chi connectivity index (χ4n) is 3.31. The summed E-state index contributed by atoms with van der Waals surface area (Å²) in [6.07, 6.45) is 0.126. The predicted octanol–water partition coefficient (Wildman–Crippen LogP) is 3.39. The van der Waals surface area contributed by atoms with Crippen LogP contribution >= 0.6 is 0 Å². The topological polar surface area (TPSA) is 82.4 Å². The summed E-state index contributed by atoms with van der Waals surface area (Å²) in [6, 6.07) is 21.5. The molecule has 0 aliphatic rings. The molecule has 1 aromatic heterocycles. The van der Waals surface area contributed by atoms with E-state index in [1.54, 1.807) is 50.6 Å². The summed E-state index contributed by atoms with van der Waals surface area (Å²) >= 11 is 0. The van der Waals surface area contributed by atoms with Crippen LogP contribution in [0.4, 0.5) is 0 Å². The van der Waals surface area contributed by atoms with Gasteiger partial charge in [0, 0.05) is 11.6 Å². The largest absolute Gasteiger partial charge is 0.497 e. The van der Waals surface area contributed by atoms with Gasteiger partial charge < -0.3 is 9.47 Å². The fraction of sp³-hybridized carbons (Fsp3) is 0.125. The number of ether oxygens (including phenoxy) is 2. The first-order valence-electron chi connectivity index (χ1n) is 9.68. The van der Waals surface area contributed by atoms with Crippen LogP contribution in [-0.4, -0.2) is 29.8 Å². The number of carbonyl (C=O) groups is 1. The number of nitrogens with zero attached hydrogens (tertiary/aromatic N) is 2. The Morgan fingerprint density at radius 1 is 0.935 bits per heavy atom. The first kappa shape index (κ1) is 20.2. The van der Waals surface area contributed by atoms with Crippen molar-refractivity contribution < 1.29 is 14.3 Å². The lowest BCUT2D eigenvalue weighted by atomic mass is 10.1. The molecular formula is C24H21N3O4. The molecule has 7 nitrogen and oxygen atoms in total. The summed E-state index contributed by atoms with van der Waals surface area (Å²) in [6.45, 7) is 0. The van der Waals surface area contributed by atoms with E-state index < -0.39 is 0 Å². The molecule has 0 saturated carbocycles. The summed E-state index contributed by atoms with van der Waals surface area (Å²) in [5.74, 6) is 1.03. The van der Waals surface area contributed by atoms with E-state index in [0.29, 0.717) is 28.0 Å². The Labute approximate surface area is 178 Å². The maximum absolute atomic E-state index is 13.3. The number of hydrogen-bond acceptors (Lipinski definition) is 5. The second kappa shape index (κ2) is 8.71. The average molecular weight is 415 g/mol. The van der Waals surface area contributed by atoms with Gasteiger partial charge >= 0.3 is 0 Å². The van der Waals surface area contributed by atoms with E-state index >= 15 is 0 Å². The molecule has 0 radical (unpaired) electrons. The van der Waals surface area contributed by atoms with Gasteiger partial charge in [0.15, 0.2) is 5.82 Å². The quantitative estimate of drug-likeness (QED) is 0.522. The lowest BCUT2D eigenvalue weighted by Crippen LogP contribution is -2.35. The molecule has 0 fully saturated rings. The number of benzene rings is 3. The first-order chi connectivity index (χ1) is 15.1. The number of rotatable bonds is 6. The zero-order valence-corrected chi connectivity index (χ0v) is 17.2. The molecule has 4 aromatic rings. The van der Waals surface area contributed by atoms with Crippen LogP contribution in [0.2, 0.25) is 0 Å². The van der Waals surface area contributed by atoms with Crippen molar-refractivity contribution in [2.24, 2.45) is 0 Å². The smallest absolute Gasteiger partial charge is 0.280 e. The van der Waals surface area contributed by atoms with Crippen LogP contribution in [0.1, 0.15) is 5.56 Å². The van der Waals surface area contributed by atoms with Crippen molar-refractivity contribution in [3.63, 3.8) is 0 Å². The molecule has 7 heteroatoms. The zero-order chi connectivity index (χ0) is 21.8. The summed E-state index contributed by atoms with van der Waals surface area (Å²) in [7, 11) is 3.09. The molecule has 3 aromatic carbocycles. The Morgan fingerprint density at radius 3 is 2.26 bits per heavy atom. The average Bonchev–Trinajstić information content (AvgIpc) is 2.81. The normalized spacial score (nSPS) is 10.6. The van der Waals surface area contributed by atoms with Crippen LogP contribution in [-0.2, 0) is 11.2 Å². The minimum absolute atomic E-state index is 0.126. The van der Waals surface area contributed by atoms with Crippen molar-refractivity contribution >= 4 is 16.8 Å². The van der Waals surface area contributed by atoms with Crippen LogP contribution in [0.25, 0.3) is 22.3 Å². The van der Waals surface area contributed by atoms with Gasteiger partial charge in [0.05, 0.1) is 31.5 Å². The first-order valence-corrected chi connectivity index (χ1v) is 9.68. The van der Waals surface area contributed by atoms with Gasteiger partial charge in [-0.1, -0.05) is 42.5 Å². The van der Waals surface area contributed by atoms with Crippen LogP contribution < -0.4 is 20.5 Å². The third-order valence-electron chi connectivity index (χ3n) is 4.83. The van der Waals surface area contributed by atoms with Gasteiger partial charge in [-0.15, -0.1) is 0 Å². The second-order valence-electron chi connectivity index (χ2n) is 6.89. The number of amides is 1. The third-order valence-corrected chi connectivity index (χ3v) is 4.83. The molecule has 156 valence electrons. The number of nitrogens with one attached hydrogen (secondary N) is 1. The van der Waals surface area contributed by atoms with E-state index in [9.17, 15) is 9.59 Å². The Kier molecular flexibility index (Phi) is 5.66. The Morgan fingerprint density at radius 2 is 1.58 bits per heavy atom. The molecule has 0 saturated heterocycles. The SMILES string of the molecule is COc1cc(OC)cc(-c2nc3ccccc3c(=O)n2NC(=O)Cc2ccccc2)c1. The number of para-hydroxylation sites is 1. The molecule has 0 aliphatic carbocycles. The van der Waals surface area contributed by atoms with Gasteiger partial charge in [0.25, 0.3) is 5.56 Å². The molecule has 31 heavy (non-hydrogen) atoms. The Balaban J connectivity index is 1.84. The van der Waals surface area contributed by atoms with Gasteiger partial charge in [-0.3, -0.25) is 15.0 Å². The summed E-state index contributed by atoms with van der Waals surface area (Å²) in [5, 5.41) is 0.404. The van der Waals surface area contributed by atoms with E-state index in [0.717, 1.165) is 5.56 Å². The second-order valence-corrected chi connectivity index (χ2v) is 6.89. The van der Waals surface area contributed by atoms with Gasteiger partial charge in [0.1, 0.15) is 11.5 Å². The summed E-state index contributed by atoms with van der Waals surface area (Å²) in [5.41, 5.74) is 4.28. The van der Waals surface area contributed by atoms with E-state index in [4.69, 9.17) is 9.47 Å². The van der Waals surface area contributed by atoms with E-state index in [1.807, 2.05) is 36.4 Å². The van der Waals surface area contributed by atoms with Crippen LogP contribution in [0, 0.1) is 0 Å². The highest BCUT2D eigenvalue weighted by Gasteiger charge is 2.17. The van der Waals surface area contributed by atoms with Gasteiger partial charge in [-0.05, 0) is 29.8 Å².